The first-order valence-corrected chi connectivity index (χ1v) is 13.0. The smallest absolute Gasteiger partial charge is 0.416 e. The Bertz CT molecular complexity index is 1270. The predicted molar refractivity (Wildman–Crippen MR) is 143 cm³/mol. The van der Waals surface area contributed by atoms with Gasteiger partial charge in [-0.15, -0.1) is 0 Å². The van der Waals surface area contributed by atoms with E-state index in [-0.39, 0.29) is 35.5 Å². The summed E-state index contributed by atoms with van der Waals surface area (Å²) < 4.78 is 55.4. The Hall–Kier alpha value is -3.99. The predicted octanol–water partition coefficient (Wildman–Crippen LogP) is 4.97. The van der Waals surface area contributed by atoms with Gasteiger partial charge in [0.1, 0.15) is 11.5 Å². The number of rotatable bonds is 11. The van der Waals surface area contributed by atoms with Crippen molar-refractivity contribution in [2.24, 2.45) is 11.8 Å². The summed E-state index contributed by atoms with van der Waals surface area (Å²) in [5.41, 5.74) is 0.291. The molecule has 1 aromatic heterocycles. The number of carbonyl (C=O) groups is 2. The van der Waals surface area contributed by atoms with Crippen LogP contribution in [0.4, 0.5) is 18.9 Å². The van der Waals surface area contributed by atoms with Crippen molar-refractivity contribution >= 4 is 17.5 Å². The lowest BCUT2D eigenvalue weighted by atomic mass is 9.85. The van der Waals surface area contributed by atoms with Gasteiger partial charge in [0, 0.05) is 44.1 Å². The Morgan fingerprint density at radius 1 is 1.00 bits per heavy atom. The molecule has 0 aliphatic carbocycles. The maximum atomic E-state index is 13.1. The SMILES string of the molecule is COc1ccc(NCCNC(=O)[C@@H](CNC(=O)c2ccc(-c3cccc(C(F)(F)F)c3)o2)C2CCOCC2)cc1. The van der Waals surface area contributed by atoms with Crippen LogP contribution in [0.25, 0.3) is 11.3 Å². The van der Waals surface area contributed by atoms with E-state index >= 15 is 0 Å². The fraction of sp³-hybridized carbons (Fsp3) is 0.379. The minimum Gasteiger partial charge on any atom is -0.497 e. The monoisotopic (exact) mass is 559 g/mol. The van der Waals surface area contributed by atoms with E-state index in [1.54, 1.807) is 7.11 Å². The number of nitrogens with one attached hydrogen (secondary N) is 3. The average Bonchev–Trinajstić information content (AvgIpc) is 3.47. The van der Waals surface area contributed by atoms with Crippen molar-refractivity contribution in [3.8, 4) is 17.1 Å². The lowest BCUT2D eigenvalue weighted by Crippen LogP contribution is -2.44. The zero-order chi connectivity index (χ0) is 28.5. The molecule has 214 valence electrons. The number of furan rings is 1. The molecule has 1 atom stereocenters. The number of alkyl halides is 3. The van der Waals surface area contributed by atoms with Crippen LogP contribution in [0, 0.1) is 11.8 Å². The minimum atomic E-state index is -4.49. The van der Waals surface area contributed by atoms with Crippen molar-refractivity contribution in [3.05, 3.63) is 72.0 Å². The fourth-order valence-corrected chi connectivity index (χ4v) is 4.58. The Morgan fingerprint density at radius 3 is 2.45 bits per heavy atom. The van der Waals surface area contributed by atoms with Crippen molar-refractivity contribution in [1.82, 2.24) is 10.6 Å². The summed E-state index contributed by atoms with van der Waals surface area (Å²) in [7, 11) is 1.60. The zero-order valence-corrected chi connectivity index (χ0v) is 22.1. The average molecular weight is 560 g/mol. The van der Waals surface area contributed by atoms with Gasteiger partial charge in [-0.25, -0.2) is 0 Å². The normalized spacial score (nSPS) is 14.8. The third-order valence-corrected chi connectivity index (χ3v) is 6.80. The maximum absolute atomic E-state index is 13.1. The highest BCUT2D eigenvalue weighted by Crippen LogP contribution is 2.32. The number of hydrogen-bond donors (Lipinski definition) is 3. The van der Waals surface area contributed by atoms with E-state index < -0.39 is 23.6 Å². The molecule has 3 N–H and O–H groups in total. The molecule has 0 saturated carbocycles. The highest BCUT2D eigenvalue weighted by Gasteiger charge is 2.32. The van der Waals surface area contributed by atoms with Gasteiger partial charge in [0.05, 0.1) is 18.6 Å². The van der Waals surface area contributed by atoms with E-state index in [1.165, 1.54) is 24.3 Å². The van der Waals surface area contributed by atoms with Gasteiger partial charge in [-0.3, -0.25) is 9.59 Å². The molecule has 0 radical (unpaired) electrons. The molecular formula is C29H32F3N3O5. The highest BCUT2D eigenvalue weighted by molar-refractivity contribution is 5.92. The van der Waals surface area contributed by atoms with E-state index in [1.807, 2.05) is 24.3 Å². The zero-order valence-electron chi connectivity index (χ0n) is 22.1. The third kappa shape index (κ3) is 7.78. The summed E-state index contributed by atoms with van der Waals surface area (Å²) in [6.45, 7) is 2.06. The number of benzene rings is 2. The quantitative estimate of drug-likeness (QED) is 0.287. The van der Waals surface area contributed by atoms with Gasteiger partial charge in [-0.05, 0) is 67.3 Å². The molecule has 2 aromatic carbocycles. The number of carbonyl (C=O) groups excluding carboxylic acids is 2. The summed E-state index contributed by atoms with van der Waals surface area (Å²) >= 11 is 0. The Kier molecular flexibility index (Phi) is 9.70. The van der Waals surface area contributed by atoms with Crippen molar-refractivity contribution in [2.75, 3.05) is 45.3 Å². The molecule has 3 aromatic rings. The molecule has 11 heteroatoms. The first-order valence-electron chi connectivity index (χ1n) is 13.0. The van der Waals surface area contributed by atoms with Crippen LogP contribution in [0.3, 0.4) is 0 Å². The lowest BCUT2D eigenvalue weighted by Gasteiger charge is -2.29. The molecule has 1 fully saturated rings. The van der Waals surface area contributed by atoms with E-state index in [9.17, 15) is 22.8 Å². The molecule has 0 unspecified atom stereocenters. The second-order valence-electron chi connectivity index (χ2n) is 9.46. The fourth-order valence-electron chi connectivity index (χ4n) is 4.58. The number of anilines is 1. The van der Waals surface area contributed by atoms with Crippen LogP contribution in [-0.2, 0) is 15.7 Å². The van der Waals surface area contributed by atoms with Gasteiger partial charge < -0.3 is 29.8 Å². The summed E-state index contributed by atoms with van der Waals surface area (Å²) in [5.74, 6) is -0.340. The molecular weight excluding hydrogens is 527 g/mol. The van der Waals surface area contributed by atoms with E-state index in [0.717, 1.165) is 23.6 Å². The van der Waals surface area contributed by atoms with Crippen LogP contribution in [-0.4, -0.2) is 51.8 Å². The van der Waals surface area contributed by atoms with E-state index in [0.29, 0.717) is 39.1 Å². The third-order valence-electron chi connectivity index (χ3n) is 6.80. The summed E-state index contributed by atoms with van der Waals surface area (Å²) in [6.07, 6.45) is -3.11. The summed E-state index contributed by atoms with van der Waals surface area (Å²) in [4.78, 5) is 26.0. The van der Waals surface area contributed by atoms with Crippen LogP contribution in [0.15, 0.2) is 65.1 Å². The number of methoxy groups -OCH3 is 1. The minimum absolute atomic E-state index is 0.0286. The number of halogens is 3. The van der Waals surface area contributed by atoms with E-state index in [4.69, 9.17) is 13.9 Å². The molecule has 0 bridgehead atoms. The Labute approximate surface area is 230 Å². The van der Waals surface area contributed by atoms with Gasteiger partial charge in [0.2, 0.25) is 5.91 Å². The second kappa shape index (κ2) is 13.4. The molecule has 2 heterocycles. The summed E-state index contributed by atoms with van der Waals surface area (Å²) in [6, 6.07) is 15.0. The molecule has 4 rings (SSSR count). The van der Waals surface area contributed by atoms with Crippen LogP contribution in [0.1, 0.15) is 29.0 Å². The van der Waals surface area contributed by atoms with Crippen molar-refractivity contribution < 1.29 is 36.7 Å². The maximum Gasteiger partial charge on any atom is 0.416 e. The standard InChI is InChI=1S/C29H32F3N3O5/c1-38-23-7-5-22(6-8-23)33-13-14-34-27(36)24(19-11-15-39-16-12-19)18-35-28(37)26-10-9-25(40-26)20-3-2-4-21(17-20)29(30,31)32/h2-10,17,19,24,33H,11-16,18H2,1H3,(H,34,36)(H,35,37)/t24-/m0/s1. The molecule has 0 spiro atoms. The van der Waals surface area contributed by atoms with Crippen LogP contribution >= 0.6 is 0 Å². The second-order valence-corrected chi connectivity index (χ2v) is 9.46. The largest absolute Gasteiger partial charge is 0.497 e. The molecule has 2 amide bonds. The van der Waals surface area contributed by atoms with Gasteiger partial charge in [0.15, 0.2) is 5.76 Å². The molecule has 1 aliphatic rings. The highest BCUT2D eigenvalue weighted by atomic mass is 19.4. The van der Waals surface area contributed by atoms with Crippen LogP contribution < -0.4 is 20.7 Å². The van der Waals surface area contributed by atoms with Gasteiger partial charge in [0.25, 0.3) is 5.91 Å². The molecule has 8 nitrogen and oxygen atoms in total. The van der Waals surface area contributed by atoms with Crippen molar-refractivity contribution in [3.63, 3.8) is 0 Å². The first kappa shape index (κ1) is 29.0. The number of hydrogen-bond acceptors (Lipinski definition) is 6. The Morgan fingerprint density at radius 2 is 1.75 bits per heavy atom. The Balaban J connectivity index is 1.33. The molecule has 1 aliphatic heterocycles. The first-order chi connectivity index (χ1) is 19.2. The van der Waals surface area contributed by atoms with Gasteiger partial charge in [-0.2, -0.15) is 13.2 Å². The van der Waals surface area contributed by atoms with E-state index in [2.05, 4.69) is 16.0 Å². The van der Waals surface area contributed by atoms with Crippen molar-refractivity contribution in [1.29, 1.82) is 0 Å². The topological polar surface area (TPSA) is 102 Å². The van der Waals surface area contributed by atoms with Gasteiger partial charge in [-0.1, -0.05) is 12.1 Å². The number of amides is 2. The van der Waals surface area contributed by atoms with Crippen molar-refractivity contribution in [2.45, 2.75) is 19.0 Å². The molecule has 1 saturated heterocycles. The summed E-state index contributed by atoms with van der Waals surface area (Å²) in [5, 5.41) is 8.94. The lowest BCUT2D eigenvalue weighted by molar-refractivity contribution is -0.137. The molecule has 40 heavy (non-hydrogen) atoms. The van der Waals surface area contributed by atoms with Crippen LogP contribution in [0.2, 0.25) is 0 Å². The van der Waals surface area contributed by atoms with Gasteiger partial charge >= 0.3 is 6.18 Å². The number of ether oxygens (including phenoxy) is 2. The van der Waals surface area contributed by atoms with Crippen LogP contribution in [0.5, 0.6) is 5.75 Å².